The zero-order chi connectivity index (χ0) is 14.9. The normalized spacial score (nSPS) is 10.6. The summed E-state index contributed by atoms with van der Waals surface area (Å²) in [5.74, 6) is 0.396. The molecule has 0 aliphatic rings. The summed E-state index contributed by atoms with van der Waals surface area (Å²) in [5.41, 5.74) is -0.341. The topological polar surface area (TPSA) is 53.2 Å². The van der Waals surface area contributed by atoms with Gasteiger partial charge in [-0.25, -0.2) is 4.79 Å². The van der Waals surface area contributed by atoms with Gasteiger partial charge in [-0.15, -0.1) is 0 Å². The molecule has 2 rings (SSSR count). The van der Waals surface area contributed by atoms with Crippen molar-refractivity contribution >= 4 is 23.2 Å². The van der Waals surface area contributed by atoms with Gasteiger partial charge in [0.15, 0.2) is 0 Å². The maximum Gasteiger partial charge on any atom is 0.330 e. The average Bonchev–Trinajstić information content (AvgIpc) is 2.43. The monoisotopic (exact) mass is 314 g/mol. The van der Waals surface area contributed by atoms with Crippen molar-refractivity contribution in [2.24, 2.45) is 14.1 Å². The van der Waals surface area contributed by atoms with Crippen molar-refractivity contribution in [2.45, 2.75) is 6.61 Å². The molecule has 0 unspecified atom stereocenters. The van der Waals surface area contributed by atoms with Gasteiger partial charge in [0.25, 0.3) is 5.56 Å². The van der Waals surface area contributed by atoms with Crippen LogP contribution in [0.4, 0.5) is 0 Å². The molecule has 0 fully saturated rings. The highest BCUT2D eigenvalue weighted by molar-refractivity contribution is 6.42. The Hall–Kier alpha value is -1.72. The lowest BCUT2D eigenvalue weighted by atomic mass is 10.3. The third kappa shape index (κ3) is 2.73. The summed E-state index contributed by atoms with van der Waals surface area (Å²) >= 11 is 11.9. The van der Waals surface area contributed by atoms with Gasteiger partial charge >= 0.3 is 5.69 Å². The van der Waals surface area contributed by atoms with Gasteiger partial charge in [-0.05, 0) is 12.1 Å². The van der Waals surface area contributed by atoms with Crippen molar-refractivity contribution in [1.82, 2.24) is 9.13 Å². The molecular formula is C13H12Cl2N2O3. The summed E-state index contributed by atoms with van der Waals surface area (Å²) in [6.45, 7) is 0.0435. The van der Waals surface area contributed by atoms with Gasteiger partial charge < -0.3 is 4.74 Å². The van der Waals surface area contributed by atoms with E-state index in [1.165, 1.54) is 17.7 Å². The van der Waals surface area contributed by atoms with E-state index in [9.17, 15) is 9.59 Å². The van der Waals surface area contributed by atoms with E-state index in [4.69, 9.17) is 27.9 Å². The fraction of sp³-hybridized carbons (Fsp3) is 0.231. The number of hydrogen-bond acceptors (Lipinski definition) is 3. The summed E-state index contributed by atoms with van der Waals surface area (Å²) in [7, 11) is 2.99. The Morgan fingerprint density at radius 2 is 1.85 bits per heavy atom. The number of aromatic nitrogens is 2. The molecule has 0 aliphatic heterocycles. The molecule has 1 heterocycles. The van der Waals surface area contributed by atoms with Gasteiger partial charge in [-0.1, -0.05) is 29.3 Å². The first-order valence-electron chi connectivity index (χ1n) is 5.74. The number of benzene rings is 1. The van der Waals surface area contributed by atoms with Gasteiger partial charge in [-0.3, -0.25) is 13.9 Å². The fourth-order valence-electron chi connectivity index (χ4n) is 1.66. The summed E-state index contributed by atoms with van der Waals surface area (Å²) in [4.78, 5) is 23.4. The summed E-state index contributed by atoms with van der Waals surface area (Å²) in [5, 5.41) is 0.671. The lowest BCUT2D eigenvalue weighted by Gasteiger charge is -2.12. The Labute approximate surface area is 124 Å². The number of nitrogens with zero attached hydrogens (tertiary/aromatic N) is 2. The Morgan fingerprint density at radius 3 is 2.55 bits per heavy atom. The van der Waals surface area contributed by atoms with E-state index in [0.717, 1.165) is 4.57 Å². The van der Waals surface area contributed by atoms with Crippen molar-refractivity contribution < 1.29 is 4.74 Å². The van der Waals surface area contributed by atoms with E-state index in [1.54, 1.807) is 25.2 Å². The van der Waals surface area contributed by atoms with Crippen molar-refractivity contribution in [3.8, 4) is 5.75 Å². The predicted molar refractivity (Wildman–Crippen MR) is 77.7 cm³/mol. The zero-order valence-corrected chi connectivity index (χ0v) is 12.4. The molecule has 0 saturated carbocycles. The Morgan fingerprint density at radius 1 is 1.15 bits per heavy atom. The Kier molecular flexibility index (Phi) is 4.20. The Bertz CT molecular complexity index is 765. The second kappa shape index (κ2) is 5.73. The van der Waals surface area contributed by atoms with Crippen LogP contribution in [0.3, 0.4) is 0 Å². The molecule has 0 aliphatic carbocycles. The van der Waals surface area contributed by atoms with Crippen LogP contribution in [-0.2, 0) is 20.7 Å². The molecule has 2 aromatic rings. The van der Waals surface area contributed by atoms with Crippen molar-refractivity contribution in [3.63, 3.8) is 0 Å². The summed E-state index contributed by atoms with van der Waals surface area (Å²) < 4.78 is 7.88. The molecule has 5 nitrogen and oxygen atoms in total. The minimum Gasteiger partial charge on any atom is -0.486 e. The minimum atomic E-state index is -0.409. The van der Waals surface area contributed by atoms with Crippen LogP contribution in [0, 0.1) is 0 Å². The molecule has 0 radical (unpaired) electrons. The van der Waals surface area contributed by atoms with Crippen LogP contribution in [-0.4, -0.2) is 9.13 Å². The number of rotatable bonds is 3. The third-order valence-electron chi connectivity index (χ3n) is 2.92. The van der Waals surface area contributed by atoms with E-state index in [1.807, 2.05) is 0 Å². The second-order valence-electron chi connectivity index (χ2n) is 4.22. The third-order valence-corrected chi connectivity index (χ3v) is 3.72. The molecule has 0 saturated heterocycles. The Balaban J connectivity index is 2.31. The maximum absolute atomic E-state index is 11.8. The van der Waals surface area contributed by atoms with E-state index < -0.39 is 5.69 Å². The lowest BCUT2D eigenvalue weighted by Crippen LogP contribution is -2.38. The molecule has 20 heavy (non-hydrogen) atoms. The fourth-order valence-corrected chi connectivity index (χ4v) is 2.01. The molecule has 0 bridgehead atoms. The van der Waals surface area contributed by atoms with Crippen LogP contribution >= 0.6 is 23.2 Å². The SMILES string of the molecule is Cn1c(COc2cccc(Cl)c2Cl)cc(=O)n(C)c1=O. The van der Waals surface area contributed by atoms with Crippen LogP contribution in [0.2, 0.25) is 10.0 Å². The highest BCUT2D eigenvalue weighted by Crippen LogP contribution is 2.31. The van der Waals surface area contributed by atoms with Crippen LogP contribution in [0.5, 0.6) is 5.75 Å². The molecule has 0 N–H and O–H groups in total. The van der Waals surface area contributed by atoms with E-state index in [2.05, 4.69) is 0 Å². The zero-order valence-electron chi connectivity index (χ0n) is 10.9. The van der Waals surface area contributed by atoms with E-state index >= 15 is 0 Å². The number of halogens is 2. The lowest BCUT2D eigenvalue weighted by molar-refractivity contribution is 0.294. The second-order valence-corrected chi connectivity index (χ2v) is 5.00. The van der Waals surface area contributed by atoms with Gasteiger partial charge in [0.2, 0.25) is 0 Å². The molecule has 0 atom stereocenters. The van der Waals surface area contributed by atoms with Gasteiger partial charge in [-0.2, -0.15) is 0 Å². The van der Waals surface area contributed by atoms with Crippen LogP contribution in [0.1, 0.15) is 5.69 Å². The van der Waals surface area contributed by atoms with Crippen molar-refractivity contribution in [1.29, 1.82) is 0 Å². The smallest absolute Gasteiger partial charge is 0.330 e. The molecule has 106 valence electrons. The highest BCUT2D eigenvalue weighted by atomic mass is 35.5. The first-order valence-corrected chi connectivity index (χ1v) is 6.50. The van der Waals surface area contributed by atoms with Gasteiger partial charge in [0.05, 0.1) is 10.7 Å². The van der Waals surface area contributed by atoms with Crippen LogP contribution in [0.25, 0.3) is 0 Å². The molecule has 7 heteroatoms. The summed E-state index contributed by atoms with van der Waals surface area (Å²) in [6, 6.07) is 6.35. The predicted octanol–water partition coefficient (Wildman–Crippen LogP) is 1.97. The highest BCUT2D eigenvalue weighted by Gasteiger charge is 2.09. The molecule has 0 spiro atoms. The number of ether oxygens (including phenoxy) is 1. The van der Waals surface area contributed by atoms with E-state index in [-0.39, 0.29) is 12.2 Å². The number of hydrogen-bond donors (Lipinski definition) is 0. The molecular weight excluding hydrogens is 303 g/mol. The molecule has 1 aromatic carbocycles. The maximum atomic E-state index is 11.8. The van der Waals surface area contributed by atoms with Crippen molar-refractivity contribution in [3.05, 3.63) is 60.8 Å². The standard InChI is InChI=1S/C13H12Cl2N2O3/c1-16-8(6-11(18)17(2)13(16)19)7-20-10-5-3-4-9(14)12(10)15/h3-6H,7H2,1-2H3. The summed E-state index contributed by atoms with van der Waals surface area (Å²) in [6.07, 6.45) is 0. The largest absolute Gasteiger partial charge is 0.486 e. The first kappa shape index (κ1) is 14.7. The quantitative estimate of drug-likeness (QED) is 0.870. The van der Waals surface area contributed by atoms with Gasteiger partial charge in [0.1, 0.15) is 17.4 Å². The average molecular weight is 315 g/mol. The van der Waals surface area contributed by atoms with Crippen LogP contribution in [0.15, 0.2) is 33.9 Å². The van der Waals surface area contributed by atoms with E-state index in [0.29, 0.717) is 21.5 Å². The first-order chi connectivity index (χ1) is 9.41. The van der Waals surface area contributed by atoms with Crippen LogP contribution < -0.4 is 16.0 Å². The molecule has 0 amide bonds. The van der Waals surface area contributed by atoms with Gasteiger partial charge in [0, 0.05) is 20.2 Å². The molecule has 1 aromatic heterocycles. The minimum absolute atomic E-state index is 0.0435. The van der Waals surface area contributed by atoms with Crippen molar-refractivity contribution in [2.75, 3.05) is 0 Å².